The molecule has 29 heavy (non-hydrogen) atoms. The molecule has 7 N–H and O–H groups in total. The van der Waals surface area contributed by atoms with Crippen molar-refractivity contribution in [3.05, 3.63) is 0 Å². The Hall–Kier alpha value is -1.30. The molecule has 0 spiro atoms. The molecule has 2 saturated heterocycles. The summed E-state index contributed by atoms with van der Waals surface area (Å²) in [6.45, 7) is -1.75. The van der Waals surface area contributed by atoms with E-state index in [2.05, 4.69) is 37.5 Å². The van der Waals surface area contributed by atoms with Gasteiger partial charge in [-0.25, -0.2) is 21.3 Å². The molecule has 0 radical (unpaired) electrons. The Kier molecular flexibility index (Phi) is 5.54. The largest absolute Gasteiger partial charge is 0.358 e. The Labute approximate surface area is 176 Å². The maximum absolute atomic E-state index is 12.7. The number of hydrazine groups is 2. The molecule has 164 valence electrons. The van der Waals surface area contributed by atoms with Gasteiger partial charge in [-0.15, -0.1) is 0 Å². The van der Waals surface area contributed by atoms with Gasteiger partial charge in [0.25, 0.3) is 0 Å². The van der Waals surface area contributed by atoms with E-state index in [0.29, 0.717) is 12.3 Å². The summed E-state index contributed by atoms with van der Waals surface area (Å²) in [6, 6.07) is -0.881. The summed E-state index contributed by atoms with van der Waals surface area (Å²) in [5.41, 5.74) is 9.37. The molecule has 0 aromatic rings. The lowest BCUT2D eigenvalue weighted by molar-refractivity contribution is -0.125. The molecule has 2 heterocycles. The number of nitrogens with one attached hydrogen (secondary N) is 7. The van der Waals surface area contributed by atoms with Gasteiger partial charge >= 0.3 is 0 Å². The highest BCUT2D eigenvalue weighted by atomic mass is 16.2. The molecule has 10 nitrogen and oxygen atoms in total. The van der Waals surface area contributed by atoms with Gasteiger partial charge in [-0.05, 0) is 44.4 Å². The first-order chi connectivity index (χ1) is 15.2. The molecule has 2 saturated carbocycles. The number of hydrogen-bond donors (Lipinski definition) is 7. The van der Waals surface area contributed by atoms with Crippen LogP contribution in [0.4, 0.5) is 0 Å². The minimum Gasteiger partial charge on any atom is -0.358 e. The Morgan fingerprint density at radius 1 is 1.10 bits per heavy atom. The van der Waals surface area contributed by atoms with Crippen molar-refractivity contribution in [3.63, 3.8) is 0 Å². The molecule has 0 aromatic heterocycles. The SMILES string of the molecule is [2H]C([2H])([2H])NC(=O)C1NNC(NC(=O)C2CC2)CC1NC1CCCC(C2NCN(C)N2)C1. The summed E-state index contributed by atoms with van der Waals surface area (Å²) in [6.07, 6.45) is 6.37. The standard InChI is InChI=1S/C19H36N8O2/c1-20-19(29)16-14(9-15(24-25-16)23-18(28)11-6-7-11)22-13-5-3-4-12(8-13)17-21-10-27(2)26-17/h11-17,21-22,24-26H,3-10H2,1-2H3,(H,20,29)(H,23,28)/i1D3. The summed E-state index contributed by atoms with van der Waals surface area (Å²) in [4.78, 5) is 24.9. The molecule has 4 fully saturated rings. The summed E-state index contributed by atoms with van der Waals surface area (Å²) >= 11 is 0. The maximum atomic E-state index is 12.7. The van der Waals surface area contributed by atoms with Gasteiger partial charge in [-0.2, -0.15) is 0 Å². The van der Waals surface area contributed by atoms with E-state index >= 15 is 0 Å². The number of hydrogen-bond acceptors (Lipinski definition) is 8. The van der Waals surface area contributed by atoms with E-state index in [0.717, 1.165) is 45.2 Å². The van der Waals surface area contributed by atoms with Crippen LogP contribution >= 0.6 is 0 Å². The summed E-state index contributed by atoms with van der Waals surface area (Å²) in [7, 11) is 2.01. The predicted molar refractivity (Wildman–Crippen MR) is 109 cm³/mol. The first-order valence-corrected chi connectivity index (χ1v) is 10.8. The number of nitrogens with zero attached hydrogens (tertiary/aromatic N) is 1. The van der Waals surface area contributed by atoms with Crippen molar-refractivity contribution in [3.8, 4) is 0 Å². The summed E-state index contributed by atoms with van der Waals surface area (Å²) < 4.78 is 22.1. The second-order valence-corrected chi connectivity index (χ2v) is 8.89. The second-order valence-electron chi connectivity index (χ2n) is 8.89. The quantitative estimate of drug-likeness (QED) is 0.276. The van der Waals surface area contributed by atoms with Crippen LogP contribution in [-0.4, -0.2) is 68.0 Å². The molecule has 4 aliphatic rings. The zero-order valence-corrected chi connectivity index (χ0v) is 17.0. The van der Waals surface area contributed by atoms with Gasteiger partial charge in [0.2, 0.25) is 11.8 Å². The molecule has 10 heteroatoms. The fourth-order valence-electron chi connectivity index (χ4n) is 4.78. The number of likely N-dealkylation sites (N-methyl/N-ethyl adjacent to an activating group) is 1. The van der Waals surface area contributed by atoms with Crippen LogP contribution in [0.2, 0.25) is 0 Å². The summed E-state index contributed by atoms with van der Waals surface area (Å²) in [5, 5.41) is 14.2. The van der Waals surface area contributed by atoms with Crippen LogP contribution in [0.25, 0.3) is 0 Å². The monoisotopic (exact) mass is 411 g/mol. The first-order valence-electron chi connectivity index (χ1n) is 12.3. The average molecular weight is 412 g/mol. The van der Waals surface area contributed by atoms with Crippen LogP contribution in [-0.2, 0) is 9.59 Å². The normalized spacial score (nSPS) is 40.5. The highest BCUT2D eigenvalue weighted by molar-refractivity contribution is 5.83. The smallest absolute Gasteiger partial charge is 0.239 e. The van der Waals surface area contributed by atoms with Crippen molar-refractivity contribution >= 4 is 11.8 Å². The molecule has 2 aliphatic carbocycles. The average Bonchev–Trinajstić information content (AvgIpc) is 3.48. The fourth-order valence-corrected chi connectivity index (χ4v) is 4.78. The molecule has 2 aliphatic heterocycles. The zero-order chi connectivity index (χ0) is 22.9. The van der Waals surface area contributed by atoms with Gasteiger partial charge in [0.05, 0.1) is 19.0 Å². The van der Waals surface area contributed by atoms with Crippen molar-refractivity contribution in [2.24, 2.45) is 11.8 Å². The van der Waals surface area contributed by atoms with Crippen LogP contribution in [0, 0.1) is 11.8 Å². The Balaban J connectivity index is 1.39. The molecule has 2 amide bonds. The van der Waals surface area contributed by atoms with Gasteiger partial charge in [-0.3, -0.25) is 14.9 Å². The molecule has 0 aromatic carbocycles. The van der Waals surface area contributed by atoms with E-state index in [-0.39, 0.29) is 36.2 Å². The van der Waals surface area contributed by atoms with Crippen molar-refractivity contribution < 1.29 is 13.7 Å². The minimum atomic E-state index is -2.55. The highest BCUT2D eigenvalue weighted by Crippen LogP contribution is 2.30. The first kappa shape index (κ1) is 17.4. The van der Waals surface area contributed by atoms with E-state index < -0.39 is 18.9 Å². The van der Waals surface area contributed by atoms with Crippen molar-refractivity contribution in [2.75, 3.05) is 20.7 Å². The van der Waals surface area contributed by atoms with E-state index in [1.165, 1.54) is 0 Å². The van der Waals surface area contributed by atoms with Gasteiger partial charge in [-0.1, -0.05) is 6.42 Å². The van der Waals surface area contributed by atoms with Crippen LogP contribution in [0.3, 0.4) is 0 Å². The third kappa shape index (κ3) is 5.25. The predicted octanol–water partition coefficient (Wildman–Crippen LogP) is -1.71. The number of amides is 2. The Bertz CT molecular complexity index is 692. The van der Waals surface area contributed by atoms with Gasteiger partial charge in [0.15, 0.2) is 0 Å². The lowest BCUT2D eigenvalue weighted by Gasteiger charge is -2.41. The minimum absolute atomic E-state index is 0.0219. The number of rotatable bonds is 6. The molecular weight excluding hydrogens is 372 g/mol. The molecule has 4 rings (SSSR count). The van der Waals surface area contributed by atoms with Crippen molar-refractivity contribution in [2.45, 2.75) is 75.4 Å². The van der Waals surface area contributed by atoms with Gasteiger partial charge in [0, 0.05) is 36.1 Å². The third-order valence-corrected chi connectivity index (χ3v) is 6.52. The van der Waals surface area contributed by atoms with Crippen LogP contribution < -0.4 is 37.5 Å². The van der Waals surface area contributed by atoms with Crippen LogP contribution in [0.5, 0.6) is 0 Å². The van der Waals surface area contributed by atoms with Crippen molar-refractivity contribution in [1.29, 1.82) is 0 Å². The van der Waals surface area contributed by atoms with Gasteiger partial charge < -0.3 is 16.0 Å². The topological polar surface area (TPSA) is 122 Å². The molecule has 6 atom stereocenters. The molecular formula is C19H36N8O2. The van der Waals surface area contributed by atoms with E-state index in [1.807, 2.05) is 12.1 Å². The third-order valence-electron chi connectivity index (χ3n) is 6.52. The van der Waals surface area contributed by atoms with Crippen molar-refractivity contribution in [1.82, 2.24) is 42.6 Å². The lowest BCUT2D eigenvalue weighted by Crippen LogP contribution is -2.70. The molecule has 6 unspecified atom stereocenters. The lowest BCUT2D eigenvalue weighted by atomic mass is 9.83. The van der Waals surface area contributed by atoms with Crippen LogP contribution in [0.15, 0.2) is 0 Å². The zero-order valence-electron chi connectivity index (χ0n) is 20.0. The van der Waals surface area contributed by atoms with E-state index in [4.69, 9.17) is 4.11 Å². The van der Waals surface area contributed by atoms with Gasteiger partial charge in [0.1, 0.15) is 6.04 Å². The highest BCUT2D eigenvalue weighted by Gasteiger charge is 2.39. The van der Waals surface area contributed by atoms with E-state index in [1.54, 1.807) is 0 Å². The Morgan fingerprint density at radius 2 is 1.97 bits per heavy atom. The number of carbonyl (C=O) groups excluding carboxylic acids is 2. The maximum Gasteiger partial charge on any atom is 0.239 e. The Morgan fingerprint density at radius 3 is 2.69 bits per heavy atom. The second kappa shape index (κ2) is 9.23. The van der Waals surface area contributed by atoms with E-state index in [9.17, 15) is 9.59 Å². The fraction of sp³-hybridized carbons (Fsp3) is 0.895. The number of carbonyl (C=O) groups is 2. The molecule has 0 bridgehead atoms. The van der Waals surface area contributed by atoms with Crippen LogP contribution in [0.1, 0.15) is 49.1 Å². The summed E-state index contributed by atoms with van der Waals surface area (Å²) in [5.74, 6) is -0.0203.